The van der Waals surface area contributed by atoms with Gasteiger partial charge in [0.05, 0.1) is 0 Å². The summed E-state index contributed by atoms with van der Waals surface area (Å²) in [5, 5.41) is 0. The standard InChI is InChI=1S/C19H34O/c1-5-18(3)11-7-15(8-12-18)17(20)16-9-13-19(4,6-2)14-10-16/h15-16H,5-14H2,1-4H3. The van der Waals surface area contributed by atoms with Crippen molar-refractivity contribution in [1.82, 2.24) is 0 Å². The van der Waals surface area contributed by atoms with E-state index in [4.69, 9.17) is 0 Å². The van der Waals surface area contributed by atoms with E-state index in [1.54, 1.807) is 0 Å². The summed E-state index contributed by atoms with van der Waals surface area (Å²) in [5.74, 6) is 1.41. The number of rotatable bonds is 4. The highest BCUT2D eigenvalue weighted by Gasteiger charge is 2.38. The molecule has 0 aliphatic heterocycles. The number of carbonyl (C=O) groups excluding carboxylic acids is 1. The molecule has 2 saturated carbocycles. The first-order valence-corrected chi connectivity index (χ1v) is 8.95. The minimum Gasteiger partial charge on any atom is -0.299 e. The number of hydrogen-bond acceptors (Lipinski definition) is 1. The van der Waals surface area contributed by atoms with Crippen LogP contribution in [-0.2, 0) is 4.79 Å². The molecule has 0 N–H and O–H groups in total. The summed E-state index contributed by atoms with van der Waals surface area (Å²) in [6.07, 6.45) is 12.2. The fraction of sp³-hybridized carbons (Fsp3) is 0.947. The average molecular weight is 278 g/mol. The van der Waals surface area contributed by atoms with Gasteiger partial charge in [0.15, 0.2) is 0 Å². The van der Waals surface area contributed by atoms with E-state index in [1.807, 2.05) is 0 Å². The monoisotopic (exact) mass is 278 g/mol. The van der Waals surface area contributed by atoms with Crippen LogP contribution in [0, 0.1) is 22.7 Å². The van der Waals surface area contributed by atoms with Crippen LogP contribution in [0.4, 0.5) is 0 Å². The summed E-state index contributed by atoms with van der Waals surface area (Å²) in [7, 11) is 0. The van der Waals surface area contributed by atoms with E-state index in [1.165, 1.54) is 38.5 Å². The first-order chi connectivity index (χ1) is 9.41. The summed E-state index contributed by atoms with van der Waals surface area (Å²) in [5.41, 5.74) is 1.04. The van der Waals surface area contributed by atoms with E-state index >= 15 is 0 Å². The highest BCUT2D eigenvalue weighted by molar-refractivity contribution is 5.83. The topological polar surface area (TPSA) is 17.1 Å². The molecule has 0 spiro atoms. The molecule has 20 heavy (non-hydrogen) atoms. The van der Waals surface area contributed by atoms with Crippen LogP contribution >= 0.6 is 0 Å². The molecule has 2 aliphatic rings. The summed E-state index contributed by atoms with van der Waals surface area (Å²) in [6.45, 7) is 9.41. The van der Waals surface area contributed by atoms with E-state index in [-0.39, 0.29) is 0 Å². The van der Waals surface area contributed by atoms with Gasteiger partial charge in [-0.1, -0.05) is 40.5 Å². The Morgan fingerprint density at radius 1 is 0.800 bits per heavy atom. The molecule has 2 fully saturated rings. The van der Waals surface area contributed by atoms with Crippen molar-refractivity contribution in [3.63, 3.8) is 0 Å². The Kier molecular flexibility index (Phi) is 4.97. The van der Waals surface area contributed by atoms with Gasteiger partial charge < -0.3 is 0 Å². The van der Waals surface area contributed by atoms with Crippen molar-refractivity contribution in [2.45, 2.75) is 91.9 Å². The maximum Gasteiger partial charge on any atom is 0.139 e. The third-order valence-electron chi connectivity index (χ3n) is 6.90. The minimum atomic E-state index is 0.394. The molecule has 0 saturated heterocycles. The third-order valence-corrected chi connectivity index (χ3v) is 6.90. The van der Waals surface area contributed by atoms with E-state index < -0.39 is 0 Å². The van der Waals surface area contributed by atoms with Gasteiger partial charge in [0.2, 0.25) is 0 Å². The molecule has 0 atom stereocenters. The van der Waals surface area contributed by atoms with Crippen LogP contribution in [-0.4, -0.2) is 5.78 Å². The van der Waals surface area contributed by atoms with Gasteiger partial charge in [-0.3, -0.25) is 4.79 Å². The lowest BCUT2D eigenvalue weighted by Gasteiger charge is -2.40. The lowest BCUT2D eigenvalue weighted by atomic mass is 9.64. The first kappa shape index (κ1) is 16.0. The molecule has 0 bridgehead atoms. The van der Waals surface area contributed by atoms with Crippen LogP contribution in [0.2, 0.25) is 0 Å². The van der Waals surface area contributed by atoms with Crippen molar-refractivity contribution in [1.29, 1.82) is 0 Å². The number of ketones is 1. The molecule has 0 heterocycles. The molecular formula is C19H34O. The van der Waals surface area contributed by atoms with Gasteiger partial charge in [-0.2, -0.15) is 0 Å². The van der Waals surface area contributed by atoms with E-state index in [2.05, 4.69) is 27.7 Å². The van der Waals surface area contributed by atoms with Crippen molar-refractivity contribution in [3.05, 3.63) is 0 Å². The second-order valence-electron chi connectivity index (χ2n) is 8.28. The van der Waals surface area contributed by atoms with Crippen molar-refractivity contribution in [2.75, 3.05) is 0 Å². The molecule has 0 aromatic carbocycles. The Balaban J connectivity index is 1.85. The van der Waals surface area contributed by atoms with Crippen LogP contribution in [0.15, 0.2) is 0 Å². The summed E-state index contributed by atoms with van der Waals surface area (Å²) >= 11 is 0. The summed E-state index contributed by atoms with van der Waals surface area (Å²) < 4.78 is 0. The molecule has 0 amide bonds. The molecule has 2 rings (SSSR count). The van der Waals surface area contributed by atoms with Gasteiger partial charge in [-0.05, 0) is 62.2 Å². The smallest absolute Gasteiger partial charge is 0.139 e. The second kappa shape index (κ2) is 6.20. The highest BCUT2D eigenvalue weighted by atomic mass is 16.1. The van der Waals surface area contributed by atoms with Crippen molar-refractivity contribution in [2.24, 2.45) is 22.7 Å². The third kappa shape index (κ3) is 3.46. The fourth-order valence-electron chi connectivity index (χ4n) is 4.24. The lowest BCUT2D eigenvalue weighted by molar-refractivity contribution is -0.130. The molecular weight excluding hydrogens is 244 g/mol. The molecule has 2 aliphatic carbocycles. The zero-order valence-electron chi connectivity index (χ0n) is 14.1. The van der Waals surface area contributed by atoms with Gasteiger partial charge in [0, 0.05) is 11.8 Å². The van der Waals surface area contributed by atoms with Gasteiger partial charge >= 0.3 is 0 Å². The van der Waals surface area contributed by atoms with E-state index in [0.717, 1.165) is 25.7 Å². The largest absolute Gasteiger partial charge is 0.299 e. The van der Waals surface area contributed by atoms with Gasteiger partial charge in [-0.25, -0.2) is 0 Å². The minimum absolute atomic E-state index is 0.394. The van der Waals surface area contributed by atoms with Crippen molar-refractivity contribution < 1.29 is 4.79 Å². The Hall–Kier alpha value is -0.330. The number of hydrogen-bond donors (Lipinski definition) is 0. The maximum atomic E-state index is 12.8. The molecule has 1 heteroatoms. The SMILES string of the molecule is CCC1(C)CCC(C(=O)C2CCC(C)(CC)CC2)CC1. The molecule has 0 aromatic rings. The first-order valence-electron chi connectivity index (χ1n) is 8.95. The quantitative estimate of drug-likeness (QED) is 0.638. The van der Waals surface area contributed by atoms with Crippen LogP contribution in [0.3, 0.4) is 0 Å². The zero-order valence-corrected chi connectivity index (χ0v) is 14.1. The number of carbonyl (C=O) groups is 1. The molecule has 0 radical (unpaired) electrons. The predicted molar refractivity (Wildman–Crippen MR) is 85.7 cm³/mol. The van der Waals surface area contributed by atoms with Crippen LogP contribution < -0.4 is 0 Å². The second-order valence-corrected chi connectivity index (χ2v) is 8.28. The summed E-state index contributed by atoms with van der Waals surface area (Å²) in [6, 6.07) is 0. The Morgan fingerprint density at radius 2 is 1.10 bits per heavy atom. The maximum absolute atomic E-state index is 12.8. The van der Waals surface area contributed by atoms with Crippen LogP contribution in [0.1, 0.15) is 91.9 Å². The van der Waals surface area contributed by atoms with Crippen LogP contribution in [0.25, 0.3) is 0 Å². The van der Waals surface area contributed by atoms with Gasteiger partial charge in [0.25, 0.3) is 0 Å². The molecule has 1 nitrogen and oxygen atoms in total. The average Bonchev–Trinajstić information content (AvgIpc) is 2.48. The molecule has 0 unspecified atom stereocenters. The zero-order chi connectivity index (χ0) is 14.8. The fourth-order valence-corrected chi connectivity index (χ4v) is 4.24. The van der Waals surface area contributed by atoms with E-state index in [9.17, 15) is 4.79 Å². The van der Waals surface area contributed by atoms with Crippen molar-refractivity contribution >= 4 is 5.78 Å². The van der Waals surface area contributed by atoms with Gasteiger partial charge in [0.1, 0.15) is 5.78 Å². The molecule has 0 aromatic heterocycles. The Bertz CT molecular complexity index is 296. The lowest BCUT2D eigenvalue weighted by Crippen LogP contribution is -2.34. The van der Waals surface area contributed by atoms with Crippen molar-refractivity contribution in [3.8, 4) is 0 Å². The number of Topliss-reactive ketones (excluding diaryl/α,β-unsaturated/α-hetero) is 1. The van der Waals surface area contributed by atoms with Gasteiger partial charge in [-0.15, -0.1) is 0 Å². The predicted octanol–water partition coefficient (Wildman–Crippen LogP) is 5.77. The van der Waals surface area contributed by atoms with E-state index in [0.29, 0.717) is 28.4 Å². The molecule has 116 valence electrons. The highest BCUT2D eigenvalue weighted by Crippen LogP contribution is 2.45. The van der Waals surface area contributed by atoms with Crippen LogP contribution in [0.5, 0.6) is 0 Å². The Morgan fingerprint density at radius 3 is 1.35 bits per heavy atom. The normalized spacial score (nSPS) is 42.4. The Labute approximate surface area is 125 Å². The summed E-state index contributed by atoms with van der Waals surface area (Å²) in [4.78, 5) is 12.8.